The summed E-state index contributed by atoms with van der Waals surface area (Å²) in [4.78, 5) is 34.3. The van der Waals surface area contributed by atoms with Crippen LogP contribution in [0.25, 0.3) is 0 Å². The Labute approximate surface area is 196 Å². The Bertz CT molecular complexity index is 1190. The van der Waals surface area contributed by atoms with E-state index in [1.54, 1.807) is 17.2 Å². The van der Waals surface area contributed by atoms with E-state index >= 15 is 0 Å². The van der Waals surface area contributed by atoms with Crippen molar-refractivity contribution in [2.24, 2.45) is 5.92 Å². The van der Waals surface area contributed by atoms with Crippen LogP contribution in [-0.2, 0) is 21.0 Å². The molecule has 0 aliphatic carbocycles. The topological polar surface area (TPSA) is 88.5 Å². The summed E-state index contributed by atoms with van der Waals surface area (Å²) in [5.41, 5.74) is 2.17. The van der Waals surface area contributed by atoms with Gasteiger partial charge in [-0.1, -0.05) is 48.5 Å². The molecular formula is C26H24N2O6. The predicted molar refractivity (Wildman–Crippen MR) is 123 cm³/mol. The number of para-hydroxylation sites is 1. The number of carbonyl (C=O) groups excluding carboxylic acids is 2. The molecule has 8 heteroatoms. The smallest absolute Gasteiger partial charge is 0.262 e. The third-order valence-corrected chi connectivity index (χ3v) is 6.24. The number of benzene rings is 3. The highest BCUT2D eigenvalue weighted by Gasteiger charge is 2.60. The van der Waals surface area contributed by atoms with Crippen LogP contribution in [0.3, 0.4) is 0 Å². The number of nitrogens with zero attached hydrogens (tertiary/aromatic N) is 2. The number of phenolic OH excluding ortho intramolecular Hbond substituents is 1. The molecule has 1 N–H and O–H groups in total. The Morgan fingerprint density at radius 1 is 0.882 bits per heavy atom. The van der Waals surface area contributed by atoms with Crippen LogP contribution in [-0.4, -0.2) is 42.1 Å². The zero-order chi connectivity index (χ0) is 23.8. The lowest BCUT2D eigenvalue weighted by atomic mass is 9.90. The highest BCUT2D eigenvalue weighted by Crippen LogP contribution is 2.49. The number of imide groups is 1. The second kappa shape index (κ2) is 8.72. The standard InChI is InChI=1S/C26H24N2O6/c1-32-19-13-17(14-20(33-2)23(19)29)22-21-24(34-28(22)18-11-7-4-8-12-18)26(31)27(25(21)30)15-16-9-5-3-6-10-16/h3-14,21-22,24,29H,15H2,1-2H3/t21-,22-,24-/m0/s1. The largest absolute Gasteiger partial charge is 0.502 e. The molecular weight excluding hydrogens is 436 g/mol. The maximum Gasteiger partial charge on any atom is 0.262 e. The van der Waals surface area contributed by atoms with E-state index in [0.717, 1.165) is 5.56 Å². The number of likely N-dealkylation sites (tertiary alicyclic amines) is 1. The van der Waals surface area contributed by atoms with Crippen molar-refractivity contribution < 1.29 is 29.0 Å². The SMILES string of the molecule is COc1cc([C@H]2[C@@H]3C(=O)N(Cc4ccccc4)C(=O)[C@H]3ON2c2ccccc2)cc(OC)c1O. The molecule has 3 atom stereocenters. The van der Waals surface area contributed by atoms with Crippen LogP contribution in [0.4, 0.5) is 5.69 Å². The molecule has 2 saturated heterocycles. The van der Waals surface area contributed by atoms with Gasteiger partial charge in [0.15, 0.2) is 17.6 Å². The molecule has 0 aromatic heterocycles. The average Bonchev–Trinajstić information content (AvgIpc) is 3.37. The number of hydrogen-bond acceptors (Lipinski definition) is 7. The first-order valence-corrected chi connectivity index (χ1v) is 10.9. The monoisotopic (exact) mass is 460 g/mol. The number of amides is 2. The van der Waals surface area contributed by atoms with Gasteiger partial charge in [-0.05, 0) is 35.4 Å². The summed E-state index contributed by atoms with van der Waals surface area (Å²) in [6.45, 7) is 0.176. The van der Waals surface area contributed by atoms with Crippen LogP contribution >= 0.6 is 0 Å². The number of anilines is 1. The van der Waals surface area contributed by atoms with Gasteiger partial charge < -0.3 is 14.6 Å². The fourth-order valence-corrected chi connectivity index (χ4v) is 4.62. The number of carbonyl (C=O) groups is 2. The normalized spacial score (nSPS) is 21.6. The molecule has 0 bridgehead atoms. The molecule has 0 unspecified atom stereocenters. The summed E-state index contributed by atoms with van der Waals surface area (Å²) < 4.78 is 10.7. The fraction of sp³-hybridized carbons (Fsp3) is 0.231. The molecule has 2 amide bonds. The highest BCUT2D eigenvalue weighted by atomic mass is 16.7. The van der Waals surface area contributed by atoms with Gasteiger partial charge in [0.25, 0.3) is 5.91 Å². The lowest BCUT2D eigenvalue weighted by Gasteiger charge is -2.29. The molecule has 0 spiro atoms. The lowest BCUT2D eigenvalue weighted by Crippen LogP contribution is -2.37. The Hall–Kier alpha value is -4.04. The predicted octanol–water partition coefficient (Wildman–Crippen LogP) is 3.46. The summed E-state index contributed by atoms with van der Waals surface area (Å²) >= 11 is 0. The third-order valence-electron chi connectivity index (χ3n) is 6.24. The van der Waals surface area contributed by atoms with Crippen LogP contribution in [0, 0.1) is 5.92 Å². The molecule has 5 rings (SSSR count). The summed E-state index contributed by atoms with van der Waals surface area (Å²) in [7, 11) is 2.88. The maximum absolute atomic E-state index is 13.6. The first-order valence-electron chi connectivity index (χ1n) is 10.9. The van der Waals surface area contributed by atoms with Gasteiger partial charge in [-0.25, -0.2) is 5.06 Å². The van der Waals surface area contributed by atoms with Gasteiger partial charge in [-0.3, -0.25) is 19.3 Å². The molecule has 0 saturated carbocycles. The first-order chi connectivity index (χ1) is 16.5. The summed E-state index contributed by atoms with van der Waals surface area (Å²) in [5.74, 6) is -1.22. The van der Waals surface area contributed by atoms with Gasteiger partial charge in [-0.15, -0.1) is 0 Å². The van der Waals surface area contributed by atoms with Crippen molar-refractivity contribution in [3.8, 4) is 17.2 Å². The second-order valence-electron chi connectivity index (χ2n) is 8.18. The molecule has 2 fully saturated rings. The van der Waals surface area contributed by atoms with E-state index in [9.17, 15) is 14.7 Å². The molecule has 0 radical (unpaired) electrons. The van der Waals surface area contributed by atoms with E-state index in [1.165, 1.54) is 19.1 Å². The number of fused-ring (bicyclic) bond motifs is 1. The first kappa shape index (κ1) is 21.8. The van der Waals surface area contributed by atoms with E-state index in [2.05, 4.69) is 0 Å². The van der Waals surface area contributed by atoms with Crippen LogP contribution in [0.5, 0.6) is 17.2 Å². The summed E-state index contributed by atoms with van der Waals surface area (Å²) in [6.07, 6.45) is -0.966. The summed E-state index contributed by atoms with van der Waals surface area (Å²) in [5, 5.41) is 12.0. The highest BCUT2D eigenvalue weighted by molar-refractivity contribution is 6.07. The van der Waals surface area contributed by atoms with Crippen molar-refractivity contribution in [1.82, 2.24) is 4.90 Å². The lowest BCUT2D eigenvalue weighted by molar-refractivity contribution is -0.143. The minimum Gasteiger partial charge on any atom is -0.502 e. The van der Waals surface area contributed by atoms with E-state index < -0.39 is 18.1 Å². The van der Waals surface area contributed by atoms with Crippen molar-refractivity contribution in [3.05, 3.63) is 83.9 Å². The van der Waals surface area contributed by atoms with Crippen LogP contribution in [0.2, 0.25) is 0 Å². The van der Waals surface area contributed by atoms with Gasteiger partial charge in [-0.2, -0.15) is 0 Å². The molecule has 2 aliphatic rings. The maximum atomic E-state index is 13.6. The number of aromatic hydroxyl groups is 1. The van der Waals surface area contributed by atoms with Crippen molar-refractivity contribution in [1.29, 1.82) is 0 Å². The van der Waals surface area contributed by atoms with Crippen LogP contribution in [0.15, 0.2) is 72.8 Å². The van der Waals surface area contributed by atoms with Gasteiger partial charge in [0.2, 0.25) is 11.7 Å². The minimum atomic E-state index is -0.966. The fourth-order valence-electron chi connectivity index (χ4n) is 4.62. The van der Waals surface area contributed by atoms with E-state index in [0.29, 0.717) is 11.3 Å². The second-order valence-corrected chi connectivity index (χ2v) is 8.18. The Kier molecular flexibility index (Phi) is 5.59. The molecule has 3 aromatic carbocycles. The molecule has 2 heterocycles. The van der Waals surface area contributed by atoms with Crippen molar-refractivity contribution >= 4 is 17.5 Å². The number of phenols is 1. The Morgan fingerprint density at radius 3 is 2.06 bits per heavy atom. The van der Waals surface area contributed by atoms with Gasteiger partial charge in [0, 0.05) is 0 Å². The zero-order valence-electron chi connectivity index (χ0n) is 18.8. The Morgan fingerprint density at radius 2 is 1.47 bits per heavy atom. The molecule has 34 heavy (non-hydrogen) atoms. The van der Waals surface area contributed by atoms with E-state index in [1.807, 2.05) is 60.7 Å². The number of hydroxylamine groups is 1. The van der Waals surface area contributed by atoms with Gasteiger partial charge in [0.05, 0.1) is 32.5 Å². The molecule has 3 aromatic rings. The van der Waals surface area contributed by atoms with Crippen molar-refractivity contribution in [2.75, 3.05) is 19.3 Å². The quantitative estimate of drug-likeness (QED) is 0.564. The summed E-state index contributed by atoms with van der Waals surface area (Å²) in [6, 6.07) is 21.3. The number of ether oxygens (including phenoxy) is 2. The Balaban J connectivity index is 1.58. The average molecular weight is 460 g/mol. The molecule has 174 valence electrons. The van der Waals surface area contributed by atoms with Gasteiger partial charge >= 0.3 is 0 Å². The zero-order valence-corrected chi connectivity index (χ0v) is 18.8. The van der Waals surface area contributed by atoms with Crippen LogP contribution < -0.4 is 14.5 Å². The van der Waals surface area contributed by atoms with Crippen molar-refractivity contribution in [2.45, 2.75) is 18.7 Å². The third kappa shape index (κ3) is 3.52. The van der Waals surface area contributed by atoms with Crippen molar-refractivity contribution in [3.63, 3.8) is 0 Å². The number of rotatable bonds is 6. The molecule has 2 aliphatic heterocycles. The number of methoxy groups -OCH3 is 2. The molecule has 8 nitrogen and oxygen atoms in total. The number of hydrogen-bond donors (Lipinski definition) is 1. The van der Waals surface area contributed by atoms with Gasteiger partial charge in [0.1, 0.15) is 5.92 Å². The minimum absolute atomic E-state index is 0.144. The van der Waals surface area contributed by atoms with Crippen LogP contribution in [0.1, 0.15) is 17.2 Å². The van der Waals surface area contributed by atoms with E-state index in [4.69, 9.17) is 14.3 Å². The van der Waals surface area contributed by atoms with E-state index in [-0.39, 0.29) is 35.6 Å².